The largest absolute Gasteiger partial charge is 0.495 e. The van der Waals surface area contributed by atoms with Crippen molar-refractivity contribution in [3.8, 4) is 5.75 Å². The number of aromatic nitrogens is 1. The number of hydrogen-bond donors (Lipinski definition) is 0. The van der Waals surface area contributed by atoms with E-state index >= 15 is 0 Å². The van der Waals surface area contributed by atoms with Crippen LogP contribution in [-0.4, -0.2) is 19.1 Å². The lowest BCUT2D eigenvalue weighted by Gasteiger charge is -2.20. The molecule has 17 heavy (non-hydrogen) atoms. The highest BCUT2D eigenvalue weighted by Crippen LogP contribution is 2.31. The minimum Gasteiger partial charge on any atom is -0.495 e. The van der Waals surface area contributed by atoms with Gasteiger partial charge >= 0.3 is 0 Å². The molecule has 1 aromatic heterocycles. The molecule has 0 bridgehead atoms. The summed E-state index contributed by atoms with van der Waals surface area (Å²) in [4.78, 5) is 6.22. The van der Waals surface area contributed by atoms with E-state index < -0.39 is 0 Å². The number of rotatable bonds is 3. The SMILES string of the molecule is COc1ccccc1N(C)c1ccc(Cl)cn1. The Bertz CT molecular complexity index is 499. The van der Waals surface area contributed by atoms with Gasteiger partial charge in [-0.25, -0.2) is 4.98 Å². The van der Waals surface area contributed by atoms with E-state index in [2.05, 4.69) is 4.98 Å². The Kier molecular flexibility index (Phi) is 3.49. The molecule has 0 N–H and O–H groups in total. The zero-order chi connectivity index (χ0) is 12.3. The van der Waals surface area contributed by atoms with Crippen molar-refractivity contribution in [1.29, 1.82) is 0 Å². The van der Waals surface area contributed by atoms with Crippen molar-refractivity contribution < 1.29 is 4.74 Å². The maximum atomic E-state index is 5.82. The van der Waals surface area contributed by atoms with E-state index in [-0.39, 0.29) is 0 Å². The molecule has 2 aromatic rings. The molecule has 1 aromatic carbocycles. The molecule has 0 unspecified atom stereocenters. The van der Waals surface area contributed by atoms with Crippen molar-refractivity contribution in [1.82, 2.24) is 4.98 Å². The monoisotopic (exact) mass is 248 g/mol. The number of ether oxygens (including phenoxy) is 1. The lowest BCUT2D eigenvalue weighted by atomic mass is 10.2. The van der Waals surface area contributed by atoms with E-state index in [4.69, 9.17) is 16.3 Å². The second-order valence-electron chi connectivity index (χ2n) is 3.57. The molecule has 0 saturated carbocycles. The van der Waals surface area contributed by atoms with Crippen molar-refractivity contribution in [3.05, 3.63) is 47.6 Å². The molecular formula is C13H13ClN2O. The fraction of sp³-hybridized carbons (Fsp3) is 0.154. The van der Waals surface area contributed by atoms with E-state index in [0.29, 0.717) is 5.02 Å². The highest BCUT2D eigenvalue weighted by Gasteiger charge is 2.09. The van der Waals surface area contributed by atoms with Gasteiger partial charge in [-0.1, -0.05) is 23.7 Å². The molecule has 0 fully saturated rings. The Hall–Kier alpha value is -1.74. The standard InChI is InChI=1S/C13H13ClN2O/c1-16(13-8-7-10(14)9-15-13)11-5-3-4-6-12(11)17-2/h3-9H,1-2H3. The average molecular weight is 249 g/mol. The second-order valence-corrected chi connectivity index (χ2v) is 4.00. The van der Waals surface area contributed by atoms with Crippen LogP contribution < -0.4 is 9.64 Å². The molecule has 0 spiro atoms. The van der Waals surface area contributed by atoms with Crippen molar-refractivity contribution in [3.63, 3.8) is 0 Å². The number of benzene rings is 1. The Balaban J connectivity index is 2.36. The van der Waals surface area contributed by atoms with Crippen LogP contribution in [0.4, 0.5) is 11.5 Å². The molecule has 0 aliphatic rings. The third-order valence-electron chi connectivity index (χ3n) is 2.50. The van der Waals surface area contributed by atoms with Gasteiger partial charge in [0.15, 0.2) is 0 Å². The number of halogens is 1. The Morgan fingerprint density at radius 3 is 2.59 bits per heavy atom. The number of pyridine rings is 1. The molecule has 4 heteroatoms. The number of nitrogens with zero attached hydrogens (tertiary/aromatic N) is 2. The molecule has 0 aliphatic heterocycles. The first kappa shape index (κ1) is 11.7. The van der Waals surface area contributed by atoms with Crippen molar-refractivity contribution in [2.45, 2.75) is 0 Å². The molecule has 0 amide bonds. The van der Waals surface area contributed by atoms with Crippen LogP contribution in [0.3, 0.4) is 0 Å². The van der Waals surface area contributed by atoms with Crippen molar-refractivity contribution in [2.75, 3.05) is 19.1 Å². The van der Waals surface area contributed by atoms with Crippen LogP contribution in [0.15, 0.2) is 42.6 Å². The van der Waals surface area contributed by atoms with Crippen LogP contribution in [0.1, 0.15) is 0 Å². The maximum Gasteiger partial charge on any atom is 0.142 e. The van der Waals surface area contributed by atoms with Gasteiger partial charge in [0.1, 0.15) is 11.6 Å². The second kappa shape index (κ2) is 5.06. The highest BCUT2D eigenvalue weighted by molar-refractivity contribution is 6.30. The number of para-hydroxylation sites is 2. The first-order valence-electron chi connectivity index (χ1n) is 5.20. The lowest BCUT2D eigenvalue weighted by Crippen LogP contribution is -2.11. The first-order valence-corrected chi connectivity index (χ1v) is 5.58. The highest BCUT2D eigenvalue weighted by atomic mass is 35.5. The quantitative estimate of drug-likeness (QED) is 0.831. The third kappa shape index (κ3) is 2.50. The third-order valence-corrected chi connectivity index (χ3v) is 2.73. The van der Waals surface area contributed by atoms with Crippen LogP contribution in [0.5, 0.6) is 5.75 Å². The van der Waals surface area contributed by atoms with Crippen LogP contribution in [0.2, 0.25) is 5.02 Å². The minimum atomic E-state index is 0.627. The lowest BCUT2D eigenvalue weighted by molar-refractivity contribution is 0.415. The summed E-state index contributed by atoms with van der Waals surface area (Å²) in [6.07, 6.45) is 1.63. The Morgan fingerprint density at radius 2 is 1.94 bits per heavy atom. The summed E-state index contributed by atoms with van der Waals surface area (Å²) in [5, 5.41) is 0.627. The Morgan fingerprint density at radius 1 is 1.18 bits per heavy atom. The zero-order valence-electron chi connectivity index (χ0n) is 9.72. The van der Waals surface area contributed by atoms with Gasteiger partial charge in [0.25, 0.3) is 0 Å². The van der Waals surface area contributed by atoms with Gasteiger partial charge in [0.2, 0.25) is 0 Å². The van der Waals surface area contributed by atoms with Crippen LogP contribution >= 0.6 is 11.6 Å². The molecule has 3 nitrogen and oxygen atoms in total. The zero-order valence-corrected chi connectivity index (χ0v) is 10.5. The van der Waals surface area contributed by atoms with Gasteiger partial charge < -0.3 is 9.64 Å². The average Bonchev–Trinajstić information content (AvgIpc) is 2.39. The smallest absolute Gasteiger partial charge is 0.142 e. The summed E-state index contributed by atoms with van der Waals surface area (Å²) >= 11 is 5.82. The molecule has 0 aliphatic carbocycles. The number of hydrogen-bond acceptors (Lipinski definition) is 3. The van der Waals surface area contributed by atoms with Gasteiger partial charge in [-0.15, -0.1) is 0 Å². The summed E-state index contributed by atoms with van der Waals surface area (Å²) in [7, 11) is 3.59. The molecule has 1 heterocycles. The molecule has 0 atom stereocenters. The summed E-state index contributed by atoms with van der Waals surface area (Å²) in [6, 6.07) is 11.5. The van der Waals surface area contributed by atoms with Gasteiger partial charge in [0, 0.05) is 13.2 Å². The number of anilines is 2. The van der Waals surface area contributed by atoms with E-state index in [0.717, 1.165) is 17.3 Å². The molecule has 2 rings (SSSR count). The maximum absolute atomic E-state index is 5.82. The van der Waals surface area contributed by atoms with Crippen molar-refractivity contribution in [2.24, 2.45) is 0 Å². The van der Waals surface area contributed by atoms with E-state index in [9.17, 15) is 0 Å². The van der Waals surface area contributed by atoms with Gasteiger partial charge in [-0.3, -0.25) is 0 Å². The normalized spacial score (nSPS) is 10.1. The van der Waals surface area contributed by atoms with Crippen molar-refractivity contribution >= 4 is 23.1 Å². The summed E-state index contributed by atoms with van der Waals surface area (Å²) < 4.78 is 5.32. The molecule has 0 saturated heterocycles. The van der Waals surface area contributed by atoms with Gasteiger partial charge in [0.05, 0.1) is 17.8 Å². The molecular weight excluding hydrogens is 236 g/mol. The topological polar surface area (TPSA) is 25.4 Å². The predicted molar refractivity (Wildman–Crippen MR) is 70.3 cm³/mol. The van der Waals surface area contributed by atoms with Crippen LogP contribution in [0.25, 0.3) is 0 Å². The molecule has 0 radical (unpaired) electrons. The summed E-state index contributed by atoms with van der Waals surface area (Å²) in [5.41, 5.74) is 0.963. The predicted octanol–water partition coefficient (Wildman–Crippen LogP) is 3.51. The van der Waals surface area contributed by atoms with Gasteiger partial charge in [-0.2, -0.15) is 0 Å². The summed E-state index contributed by atoms with van der Waals surface area (Å²) in [6.45, 7) is 0. The van der Waals surface area contributed by atoms with E-state index in [1.54, 1.807) is 13.3 Å². The van der Waals surface area contributed by atoms with Crippen LogP contribution in [-0.2, 0) is 0 Å². The fourth-order valence-corrected chi connectivity index (χ4v) is 1.71. The number of methoxy groups -OCH3 is 1. The minimum absolute atomic E-state index is 0.627. The first-order chi connectivity index (χ1) is 8.22. The Labute approximate surface area is 106 Å². The fourth-order valence-electron chi connectivity index (χ4n) is 1.60. The van der Waals surface area contributed by atoms with Gasteiger partial charge in [-0.05, 0) is 24.3 Å². The van der Waals surface area contributed by atoms with E-state index in [1.165, 1.54) is 0 Å². The summed E-state index contributed by atoms with van der Waals surface area (Å²) in [5.74, 6) is 1.63. The molecule has 88 valence electrons. The van der Waals surface area contributed by atoms with Crippen LogP contribution in [0, 0.1) is 0 Å². The van der Waals surface area contributed by atoms with E-state index in [1.807, 2.05) is 48.3 Å².